The summed E-state index contributed by atoms with van der Waals surface area (Å²) in [5.41, 5.74) is 2.60. The summed E-state index contributed by atoms with van der Waals surface area (Å²) in [7, 11) is 0. The Kier molecular flexibility index (Phi) is 4.83. The monoisotopic (exact) mass is 378 g/mol. The van der Waals surface area contributed by atoms with Gasteiger partial charge in [0.15, 0.2) is 0 Å². The van der Waals surface area contributed by atoms with Gasteiger partial charge in [-0.15, -0.1) is 0 Å². The summed E-state index contributed by atoms with van der Waals surface area (Å²) in [5, 5.41) is 17.4. The van der Waals surface area contributed by atoms with Crippen molar-refractivity contribution in [1.82, 2.24) is 19.7 Å². The number of amides is 1. The zero-order valence-electron chi connectivity index (χ0n) is 15.6. The van der Waals surface area contributed by atoms with Crippen molar-refractivity contribution in [2.45, 2.75) is 38.6 Å². The molecule has 0 unspecified atom stereocenters. The van der Waals surface area contributed by atoms with Gasteiger partial charge in [0, 0.05) is 6.42 Å². The zero-order valence-corrected chi connectivity index (χ0v) is 15.6. The Morgan fingerprint density at radius 3 is 2.68 bits per heavy atom. The number of nitrogens with one attached hydrogen (secondary N) is 1. The van der Waals surface area contributed by atoms with Gasteiger partial charge >= 0.3 is 5.69 Å². The number of aliphatic hydroxyl groups excluding tert-OH is 1. The molecule has 1 aromatic heterocycles. The lowest BCUT2D eigenvalue weighted by molar-refractivity contribution is -0.123. The molecule has 4 rings (SSSR count). The molecule has 1 amide bonds. The van der Waals surface area contributed by atoms with Crippen LogP contribution in [0.1, 0.15) is 28.6 Å². The SMILES string of the molecule is Cc1nn(CC(=O)N[C@@H]2c3ccccc3C[C@@H]2O)c(=O)n1Cc1ccccc1. The standard InChI is InChI=1S/C21H22N4O3/c1-14-23-25(21(28)24(14)12-15-7-3-2-4-8-15)13-19(27)22-20-17-10-6-5-9-16(17)11-18(20)26/h2-10,18,20,26H,11-13H2,1H3,(H,22,27)/t18-,20+/m0/s1. The summed E-state index contributed by atoms with van der Waals surface area (Å²) in [4.78, 5) is 25.2. The molecule has 1 aliphatic rings. The summed E-state index contributed by atoms with van der Waals surface area (Å²) in [6, 6.07) is 16.8. The van der Waals surface area contributed by atoms with E-state index in [1.165, 1.54) is 4.68 Å². The average Bonchev–Trinajstić information content (AvgIpc) is 3.13. The first-order chi connectivity index (χ1) is 13.5. The normalized spacial score (nSPS) is 18.1. The molecule has 2 N–H and O–H groups in total. The molecule has 0 aliphatic heterocycles. The molecule has 0 saturated heterocycles. The van der Waals surface area contributed by atoms with Crippen molar-refractivity contribution in [3.8, 4) is 0 Å². The predicted molar refractivity (Wildman–Crippen MR) is 104 cm³/mol. The molecule has 7 heteroatoms. The van der Waals surface area contributed by atoms with E-state index in [1.54, 1.807) is 11.5 Å². The molecule has 0 spiro atoms. The Morgan fingerprint density at radius 1 is 1.18 bits per heavy atom. The summed E-state index contributed by atoms with van der Waals surface area (Å²) in [6.07, 6.45) is -0.165. The van der Waals surface area contributed by atoms with Crippen molar-refractivity contribution in [3.05, 3.63) is 87.6 Å². The van der Waals surface area contributed by atoms with Crippen molar-refractivity contribution in [2.24, 2.45) is 0 Å². The number of aryl methyl sites for hydroxylation is 1. The molecule has 0 saturated carbocycles. The molecule has 0 fully saturated rings. The Morgan fingerprint density at radius 2 is 1.89 bits per heavy atom. The minimum atomic E-state index is -0.671. The second kappa shape index (κ2) is 7.44. The number of rotatable bonds is 5. The van der Waals surface area contributed by atoms with Crippen LogP contribution in [0.5, 0.6) is 0 Å². The highest BCUT2D eigenvalue weighted by molar-refractivity contribution is 5.76. The summed E-state index contributed by atoms with van der Waals surface area (Å²) < 4.78 is 2.71. The number of hydrogen-bond acceptors (Lipinski definition) is 4. The van der Waals surface area contributed by atoms with Crippen LogP contribution in [0.3, 0.4) is 0 Å². The van der Waals surface area contributed by atoms with Crippen LogP contribution < -0.4 is 11.0 Å². The van der Waals surface area contributed by atoms with Crippen LogP contribution in [0.15, 0.2) is 59.4 Å². The molecule has 2 atom stereocenters. The summed E-state index contributed by atoms with van der Waals surface area (Å²) in [5.74, 6) is 0.195. The van der Waals surface area contributed by atoms with Crippen LogP contribution in [-0.4, -0.2) is 31.5 Å². The van der Waals surface area contributed by atoms with Crippen LogP contribution in [0, 0.1) is 6.92 Å². The fourth-order valence-electron chi connectivity index (χ4n) is 3.70. The van der Waals surface area contributed by atoms with E-state index in [-0.39, 0.29) is 18.1 Å². The minimum Gasteiger partial charge on any atom is -0.390 e. The number of carbonyl (C=O) groups is 1. The fourth-order valence-corrected chi connectivity index (χ4v) is 3.70. The predicted octanol–water partition coefficient (Wildman–Crippen LogP) is 1.18. The largest absolute Gasteiger partial charge is 0.390 e. The van der Waals surface area contributed by atoms with E-state index in [4.69, 9.17) is 0 Å². The van der Waals surface area contributed by atoms with Gasteiger partial charge in [0.2, 0.25) is 5.91 Å². The molecule has 0 bridgehead atoms. The Hall–Kier alpha value is -3.19. The molecule has 3 aromatic rings. The van der Waals surface area contributed by atoms with E-state index >= 15 is 0 Å². The van der Waals surface area contributed by atoms with Crippen molar-refractivity contribution < 1.29 is 9.90 Å². The maximum Gasteiger partial charge on any atom is 0.346 e. The molecule has 28 heavy (non-hydrogen) atoms. The highest BCUT2D eigenvalue weighted by Gasteiger charge is 2.32. The third-order valence-electron chi connectivity index (χ3n) is 5.11. The molecule has 7 nitrogen and oxygen atoms in total. The number of aliphatic hydroxyl groups is 1. The fraction of sp³-hybridized carbons (Fsp3) is 0.286. The van der Waals surface area contributed by atoms with Gasteiger partial charge in [0.1, 0.15) is 12.4 Å². The Labute approximate surface area is 162 Å². The number of aromatic nitrogens is 3. The van der Waals surface area contributed by atoms with E-state index in [1.807, 2.05) is 54.6 Å². The van der Waals surface area contributed by atoms with E-state index in [9.17, 15) is 14.7 Å². The quantitative estimate of drug-likeness (QED) is 0.698. The van der Waals surface area contributed by atoms with Crippen LogP contribution in [0.4, 0.5) is 0 Å². The highest BCUT2D eigenvalue weighted by Crippen LogP contribution is 2.31. The van der Waals surface area contributed by atoms with Crippen molar-refractivity contribution in [3.63, 3.8) is 0 Å². The third kappa shape index (κ3) is 3.48. The number of fused-ring (bicyclic) bond motifs is 1. The average molecular weight is 378 g/mol. The van der Waals surface area contributed by atoms with Gasteiger partial charge in [-0.25, -0.2) is 9.48 Å². The van der Waals surface area contributed by atoms with Gasteiger partial charge < -0.3 is 10.4 Å². The second-order valence-electron chi connectivity index (χ2n) is 7.07. The van der Waals surface area contributed by atoms with E-state index in [0.717, 1.165) is 16.7 Å². The maximum absolute atomic E-state index is 12.7. The van der Waals surface area contributed by atoms with Crippen LogP contribution in [0.25, 0.3) is 0 Å². The molecule has 1 heterocycles. The maximum atomic E-state index is 12.7. The minimum absolute atomic E-state index is 0.188. The number of hydrogen-bond donors (Lipinski definition) is 2. The van der Waals surface area contributed by atoms with Crippen molar-refractivity contribution >= 4 is 5.91 Å². The number of nitrogens with zero attached hydrogens (tertiary/aromatic N) is 3. The van der Waals surface area contributed by atoms with Crippen molar-refractivity contribution in [1.29, 1.82) is 0 Å². The van der Waals surface area contributed by atoms with Crippen molar-refractivity contribution in [2.75, 3.05) is 0 Å². The van der Waals surface area contributed by atoms with E-state index < -0.39 is 12.1 Å². The van der Waals surface area contributed by atoms with Gasteiger partial charge in [0.05, 0.1) is 18.7 Å². The molecule has 2 aromatic carbocycles. The summed E-state index contributed by atoms with van der Waals surface area (Å²) in [6.45, 7) is 1.96. The molecular weight excluding hydrogens is 356 g/mol. The first-order valence-electron chi connectivity index (χ1n) is 9.26. The van der Waals surface area contributed by atoms with Crippen LogP contribution >= 0.6 is 0 Å². The molecular formula is C21H22N4O3. The van der Waals surface area contributed by atoms with E-state index in [2.05, 4.69) is 10.4 Å². The molecule has 1 aliphatic carbocycles. The van der Waals surface area contributed by atoms with Crippen LogP contribution in [-0.2, 0) is 24.3 Å². The topological polar surface area (TPSA) is 89.2 Å². The van der Waals surface area contributed by atoms with E-state index in [0.29, 0.717) is 18.8 Å². The van der Waals surface area contributed by atoms with Gasteiger partial charge in [0.25, 0.3) is 0 Å². The molecule has 144 valence electrons. The number of benzene rings is 2. The first kappa shape index (κ1) is 18.2. The Bertz CT molecular complexity index is 1060. The highest BCUT2D eigenvalue weighted by atomic mass is 16.3. The first-order valence-corrected chi connectivity index (χ1v) is 9.26. The lowest BCUT2D eigenvalue weighted by Crippen LogP contribution is -2.38. The van der Waals surface area contributed by atoms with Gasteiger partial charge in [-0.05, 0) is 23.6 Å². The second-order valence-corrected chi connectivity index (χ2v) is 7.07. The van der Waals surface area contributed by atoms with Gasteiger partial charge in [-0.3, -0.25) is 9.36 Å². The lowest BCUT2D eigenvalue weighted by Gasteiger charge is -2.17. The third-order valence-corrected chi connectivity index (χ3v) is 5.11. The zero-order chi connectivity index (χ0) is 19.7. The number of carbonyl (C=O) groups excluding carboxylic acids is 1. The lowest BCUT2D eigenvalue weighted by atomic mass is 10.1. The van der Waals surface area contributed by atoms with Crippen LogP contribution in [0.2, 0.25) is 0 Å². The Balaban J connectivity index is 1.48. The van der Waals surface area contributed by atoms with Gasteiger partial charge in [-0.1, -0.05) is 54.6 Å². The van der Waals surface area contributed by atoms with Gasteiger partial charge in [-0.2, -0.15) is 5.10 Å². The summed E-state index contributed by atoms with van der Waals surface area (Å²) >= 11 is 0. The smallest absolute Gasteiger partial charge is 0.346 e. The molecule has 0 radical (unpaired) electrons.